The monoisotopic (exact) mass is 471 g/mol. The van der Waals surface area contributed by atoms with E-state index in [-0.39, 0.29) is 11.2 Å². The Morgan fingerprint density at radius 1 is 1.00 bits per heavy atom. The first kappa shape index (κ1) is 26.2. The first-order chi connectivity index (χ1) is 16.4. The van der Waals surface area contributed by atoms with E-state index in [2.05, 4.69) is 35.6 Å². The first-order valence-electron chi connectivity index (χ1n) is 13.0. The molecule has 2 aromatic heterocycles. The Kier molecular flexibility index (Phi) is 9.54. The summed E-state index contributed by atoms with van der Waals surface area (Å²) in [4.78, 5) is 33.1. The molecular weight excluding hydrogens is 430 g/mol. The molecule has 34 heavy (non-hydrogen) atoms. The van der Waals surface area contributed by atoms with E-state index in [0.717, 1.165) is 32.4 Å². The Labute approximate surface area is 202 Å². The highest BCUT2D eigenvalue weighted by Crippen LogP contribution is 2.14. The summed E-state index contributed by atoms with van der Waals surface area (Å²) in [6.07, 6.45) is 9.92. The van der Waals surface area contributed by atoms with Crippen molar-refractivity contribution in [3.8, 4) is 11.8 Å². The zero-order chi connectivity index (χ0) is 24.6. The van der Waals surface area contributed by atoms with Crippen LogP contribution >= 0.6 is 0 Å². The van der Waals surface area contributed by atoms with Gasteiger partial charge in [0, 0.05) is 19.6 Å². The van der Waals surface area contributed by atoms with Gasteiger partial charge in [0.05, 0.1) is 12.9 Å². The van der Waals surface area contributed by atoms with Crippen LogP contribution in [0.5, 0.6) is 0 Å². The van der Waals surface area contributed by atoms with Crippen LogP contribution in [0, 0.1) is 11.8 Å². The minimum absolute atomic E-state index is 0.271. The number of fused-ring (bicyclic) bond motifs is 1. The summed E-state index contributed by atoms with van der Waals surface area (Å²) in [5.41, 5.74) is -0.632. The van der Waals surface area contributed by atoms with Crippen LogP contribution in [0.25, 0.3) is 11.2 Å². The molecule has 0 spiro atoms. The van der Waals surface area contributed by atoms with Crippen LogP contribution in [0.15, 0.2) is 15.9 Å². The van der Waals surface area contributed by atoms with Crippen molar-refractivity contribution in [2.24, 2.45) is 0 Å². The third kappa shape index (κ3) is 6.61. The molecule has 8 nitrogen and oxygen atoms in total. The van der Waals surface area contributed by atoms with Gasteiger partial charge in [-0.1, -0.05) is 38.5 Å². The van der Waals surface area contributed by atoms with Gasteiger partial charge in [0.2, 0.25) is 0 Å². The molecule has 1 fully saturated rings. The minimum atomic E-state index is -1.06. The Morgan fingerprint density at radius 3 is 2.44 bits per heavy atom. The number of unbranched alkanes of at least 4 members (excludes halogenated alkanes) is 2. The fourth-order valence-electron chi connectivity index (χ4n) is 4.63. The van der Waals surface area contributed by atoms with Crippen molar-refractivity contribution in [1.82, 2.24) is 23.6 Å². The lowest BCUT2D eigenvalue weighted by Gasteiger charge is -2.24. The van der Waals surface area contributed by atoms with E-state index < -0.39 is 5.60 Å². The number of imidazole rings is 1. The molecule has 3 rings (SSSR count). The lowest BCUT2D eigenvalue weighted by molar-refractivity contribution is 0.108. The summed E-state index contributed by atoms with van der Waals surface area (Å²) in [5, 5.41) is 10.7. The first-order valence-corrected chi connectivity index (χ1v) is 13.0. The van der Waals surface area contributed by atoms with Crippen molar-refractivity contribution in [3.05, 3.63) is 27.2 Å². The van der Waals surface area contributed by atoms with Crippen LogP contribution in [-0.2, 0) is 19.6 Å². The number of hydrogen-bond acceptors (Lipinski definition) is 5. The largest absolute Gasteiger partial charge is 0.378 e. The lowest BCUT2D eigenvalue weighted by atomic mass is 9.99. The molecule has 0 radical (unpaired) electrons. The van der Waals surface area contributed by atoms with Crippen molar-refractivity contribution in [2.45, 2.75) is 104 Å². The summed E-state index contributed by atoms with van der Waals surface area (Å²) in [6.45, 7) is 10.3. The third-order valence-corrected chi connectivity index (χ3v) is 6.59. The minimum Gasteiger partial charge on any atom is -0.378 e. The molecule has 1 unspecified atom stereocenters. The average molecular weight is 472 g/mol. The summed E-state index contributed by atoms with van der Waals surface area (Å²) in [7, 11) is 0. The van der Waals surface area contributed by atoms with Gasteiger partial charge in [-0.2, -0.15) is 0 Å². The number of aryl methyl sites for hydroxylation is 2. The van der Waals surface area contributed by atoms with Gasteiger partial charge in [0.15, 0.2) is 11.2 Å². The van der Waals surface area contributed by atoms with Crippen molar-refractivity contribution in [2.75, 3.05) is 19.6 Å². The summed E-state index contributed by atoms with van der Waals surface area (Å²) >= 11 is 0. The molecule has 0 aliphatic carbocycles. The smallest absolute Gasteiger partial charge is 0.332 e. The molecule has 0 bridgehead atoms. The molecule has 8 heteroatoms. The van der Waals surface area contributed by atoms with Crippen molar-refractivity contribution in [1.29, 1.82) is 0 Å². The molecule has 1 saturated heterocycles. The van der Waals surface area contributed by atoms with E-state index in [1.54, 1.807) is 17.8 Å². The number of nitrogens with zero attached hydrogens (tertiary/aromatic N) is 5. The van der Waals surface area contributed by atoms with Gasteiger partial charge in [-0.15, -0.1) is 0 Å². The molecule has 1 aliphatic heterocycles. The van der Waals surface area contributed by atoms with E-state index in [0.29, 0.717) is 56.6 Å². The highest BCUT2D eigenvalue weighted by molar-refractivity contribution is 5.70. The van der Waals surface area contributed by atoms with E-state index in [9.17, 15) is 14.7 Å². The predicted molar refractivity (Wildman–Crippen MR) is 136 cm³/mol. The molecule has 1 aliphatic rings. The summed E-state index contributed by atoms with van der Waals surface area (Å²) in [5.74, 6) is 6.16. The fourth-order valence-corrected chi connectivity index (χ4v) is 4.63. The van der Waals surface area contributed by atoms with Gasteiger partial charge in [-0.05, 0) is 65.0 Å². The average Bonchev–Trinajstić information content (AvgIpc) is 3.23. The molecule has 3 heterocycles. The number of aromatic nitrogens is 4. The second-order valence-electron chi connectivity index (χ2n) is 9.72. The molecule has 0 amide bonds. The van der Waals surface area contributed by atoms with Gasteiger partial charge < -0.3 is 9.67 Å². The second-order valence-corrected chi connectivity index (χ2v) is 9.72. The van der Waals surface area contributed by atoms with Gasteiger partial charge in [-0.3, -0.25) is 18.8 Å². The maximum atomic E-state index is 13.2. The van der Waals surface area contributed by atoms with Gasteiger partial charge in [0.1, 0.15) is 5.60 Å². The number of aliphatic hydroxyl groups is 1. The van der Waals surface area contributed by atoms with Crippen LogP contribution in [0.1, 0.15) is 78.6 Å². The molecule has 0 aromatic carbocycles. The Hall–Kier alpha value is -2.37. The molecule has 188 valence electrons. The Morgan fingerprint density at radius 2 is 1.74 bits per heavy atom. The van der Waals surface area contributed by atoms with Crippen LogP contribution in [0.2, 0.25) is 0 Å². The summed E-state index contributed by atoms with van der Waals surface area (Å²) < 4.78 is 4.86. The van der Waals surface area contributed by atoms with Crippen molar-refractivity contribution < 1.29 is 5.11 Å². The van der Waals surface area contributed by atoms with Crippen LogP contribution in [0.4, 0.5) is 0 Å². The van der Waals surface area contributed by atoms with E-state index >= 15 is 0 Å². The zero-order valence-corrected chi connectivity index (χ0v) is 21.2. The highest BCUT2D eigenvalue weighted by atomic mass is 16.3. The highest BCUT2D eigenvalue weighted by Gasteiger charge is 2.19. The van der Waals surface area contributed by atoms with E-state index in [4.69, 9.17) is 0 Å². The molecular formula is C26H41N5O3. The Balaban J connectivity index is 1.68. The van der Waals surface area contributed by atoms with Crippen molar-refractivity contribution >= 4 is 11.2 Å². The maximum absolute atomic E-state index is 13.2. The van der Waals surface area contributed by atoms with Gasteiger partial charge in [-0.25, -0.2) is 9.78 Å². The molecule has 0 saturated carbocycles. The number of hydrogen-bond donors (Lipinski definition) is 1. The normalized spacial score (nSPS) is 16.4. The SMILES string of the molecule is CCCCn1c(=O)n(CCCCC(C)(O)C#CCN2CCCCC2)c(=O)c2c1ncn2CCC. The van der Waals surface area contributed by atoms with E-state index in [1.807, 2.05) is 4.57 Å². The predicted octanol–water partition coefficient (Wildman–Crippen LogP) is 2.98. The van der Waals surface area contributed by atoms with Gasteiger partial charge >= 0.3 is 5.69 Å². The Bertz CT molecular complexity index is 1110. The van der Waals surface area contributed by atoms with Crippen LogP contribution in [-0.4, -0.2) is 53.9 Å². The number of rotatable bonds is 11. The molecule has 1 N–H and O–H groups in total. The summed E-state index contributed by atoms with van der Waals surface area (Å²) in [6, 6.07) is 0. The lowest BCUT2D eigenvalue weighted by Crippen LogP contribution is -2.40. The number of piperidine rings is 1. The quantitative estimate of drug-likeness (QED) is 0.402. The van der Waals surface area contributed by atoms with Crippen molar-refractivity contribution in [3.63, 3.8) is 0 Å². The van der Waals surface area contributed by atoms with E-state index in [1.165, 1.54) is 23.8 Å². The maximum Gasteiger partial charge on any atom is 0.332 e. The zero-order valence-electron chi connectivity index (χ0n) is 21.2. The number of likely N-dealkylation sites (tertiary alicyclic amines) is 1. The molecule has 1 atom stereocenters. The van der Waals surface area contributed by atoms with Crippen LogP contribution < -0.4 is 11.2 Å². The van der Waals surface area contributed by atoms with Crippen LogP contribution in [0.3, 0.4) is 0 Å². The topological polar surface area (TPSA) is 85.3 Å². The fraction of sp³-hybridized carbons (Fsp3) is 0.731. The standard InChI is InChI=1S/C26H41N5O3/c1-4-6-19-30-23-22(29(15-5-2)21-27-23)24(32)31(25(30)33)20-11-8-13-26(3,34)14-12-18-28-16-9-7-10-17-28/h21,34H,4-11,13,15-20H2,1-3H3. The third-order valence-electron chi connectivity index (χ3n) is 6.59. The molecule has 2 aromatic rings. The second kappa shape index (κ2) is 12.4. The van der Waals surface area contributed by atoms with Gasteiger partial charge in [0.25, 0.3) is 5.56 Å².